The molecule has 0 saturated heterocycles. The lowest BCUT2D eigenvalue weighted by molar-refractivity contribution is 0.0888. The molecule has 2 heterocycles. The van der Waals surface area contributed by atoms with Gasteiger partial charge in [0.2, 0.25) is 0 Å². The summed E-state index contributed by atoms with van der Waals surface area (Å²) >= 11 is 0. The van der Waals surface area contributed by atoms with Gasteiger partial charge in [0.25, 0.3) is 0 Å². The van der Waals surface area contributed by atoms with Gasteiger partial charge in [-0.25, -0.2) is 4.98 Å². The number of aromatic nitrogens is 3. The van der Waals surface area contributed by atoms with Crippen LogP contribution >= 0.6 is 0 Å². The van der Waals surface area contributed by atoms with E-state index in [2.05, 4.69) is 33.3 Å². The molecule has 0 bridgehead atoms. The first-order valence-corrected chi connectivity index (χ1v) is 9.84. The Morgan fingerprint density at radius 2 is 1.93 bits per heavy atom. The number of aryl methyl sites for hydroxylation is 2. The van der Waals surface area contributed by atoms with Gasteiger partial charge in [-0.05, 0) is 25.8 Å². The first-order valence-electron chi connectivity index (χ1n) is 8.45. The van der Waals surface area contributed by atoms with E-state index in [1.54, 1.807) is 6.20 Å². The number of nitrogens with zero attached hydrogens (tertiary/aromatic N) is 3. The van der Waals surface area contributed by atoms with Gasteiger partial charge in [-0.15, -0.1) is 0 Å². The maximum atomic E-state index is 13.0. The fourth-order valence-electron chi connectivity index (χ4n) is 3.67. The standard InChI is InChI=1S/C18H19N3O.H2O4S/c1-12-19-9-10-21(12)11-13-7-8-16-17(18(13)22)14-5-3-4-6-15(14)20(16)2;1-5(2,3)4/h3-6,9-10,13H,7-8,11H2,1-2H3;(H2,1,2,3,4). The number of Topliss-reactive ketones (excluding diaryl/α,β-unsaturated/α-hetero) is 1. The van der Waals surface area contributed by atoms with E-state index < -0.39 is 10.4 Å². The van der Waals surface area contributed by atoms with Gasteiger partial charge in [-0.1, -0.05) is 18.2 Å². The highest BCUT2D eigenvalue weighted by molar-refractivity contribution is 7.79. The van der Waals surface area contributed by atoms with Crippen LogP contribution in [0, 0.1) is 12.8 Å². The van der Waals surface area contributed by atoms with Crippen LogP contribution in [0.25, 0.3) is 10.9 Å². The fourth-order valence-corrected chi connectivity index (χ4v) is 3.67. The molecule has 4 rings (SSSR count). The van der Waals surface area contributed by atoms with Crippen molar-refractivity contribution >= 4 is 27.1 Å². The second kappa shape index (κ2) is 7.26. The Balaban J connectivity index is 0.000000376. The van der Waals surface area contributed by atoms with E-state index in [0.717, 1.165) is 41.7 Å². The predicted molar refractivity (Wildman–Crippen MR) is 100 cm³/mol. The molecule has 1 aromatic carbocycles. The summed E-state index contributed by atoms with van der Waals surface area (Å²) in [4.78, 5) is 17.3. The van der Waals surface area contributed by atoms with E-state index in [1.165, 1.54) is 5.69 Å². The molecule has 0 fully saturated rings. The molecule has 0 spiro atoms. The second-order valence-electron chi connectivity index (χ2n) is 6.57. The number of rotatable bonds is 2. The molecule has 0 aliphatic heterocycles. The van der Waals surface area contributed by atoms with Gasteiger partial charge in [0.15, 0.2) is 5.78 Å². The molecule has 9 heteroatoms. The number of ketones is 1. The van der Waals surface area contributed by atoms with Crippen molar-refractivity contribution in [3.63, 3.8) is 0 Å². The van der Waals surface area contributed by atoms with Crippen LogP contribution in [0.4, 0.5) is 0 Å². The molecule has 0 radical (unpaired) electrons. The Morgan fingerprint density at radius 1 is 1.26 bits per heavy atom. The van der Waals surface area contributed by atoms with Gasteiger partial charge in [0.1, 0.15) is 5.82 Å². The summed E-state index contributed by atoms with van der Waals surface area (Å²) in [5.74, 6) is 1.30. The van der Waals surface area contributed by atoms with E-state index in [0.29, 0.717) is 0 Å². The number of benzene rings is 1. The lowest BCUT2D eigenvalue weighted by Gasteiger charge is -2.23. The van der Waals surface area contributed by atoms with Gasteiger partial charge in [0, 0.05) is 54.1 Å². The zero-order valence-electron chi connectivity index (χ0n) is 15.0. The molecule has 3 aromatic rings. The number of fused-ring (bicyclic) bond motifs is 3. The summed E-state index contributed by atoms with van der Waals surface area (Å²) in [6, 6.07) is 8.21. The van der Waals surface area contributed by atoms with Crippen molar-refractivity contribution in [2.24, 2.45) is 13.0 Å². The number of imidazole rings is 1. The van der Waals surface area contributed by atoms with Crippen molar-refractivity contribution in [3.05, 3.63) is 53.7 Å². The molecular formula is C18H21N3O5S. The zero-order valence-corrected chi connectivity index (χ0v) is 15.8. The van der Waals surface area contributed by atoms with Gasteiger partial charge >= 0.3 is 10.4 Å². The average molecular weight is 391 g/mol. The third-order valence-corrected chi connectivity index (χ3v) is 4.92. The predicted octanol–water partition coefficient (Wildman–Crippen LogP) is 2.48. The highest BCUT2D eigenvalue weighted by atomic mass is 32.3. The van der Waals surface area contributed by atoms with Crippen LogP contribution in [0.3, 0.4) is 0 Å². The Labute approximate surface area is 157 Å². The average Bonchev–Trinajstić information content (AvgIpc) is 3.11. The molecule has 1 aliphatic rings. The molecule has 27 heavy (non-hydrogen) atoms. The van der Waals surface area contributed by atoms with Crippen molar-refractivity contribution in [1.82, 2.24) is 14.1 Å². The van der Waals surface area contributed by atoms with Crippen molar-refractivity contribution in [2.45, 2.75) is 26.3 Å². The van der Waals surface area contributed by atoms with Crippen LogP contribution in [-0.2, 0) is 30.4 Å². The Kier molecular flexibility index (Phi) is 5.18. The Bertz CT molecular complexity index is 1090. The summed E-state index contributed by atoms with van der Waals surface area (Å²) < 4.78 is 35.8. The molecule has 0 amide bonds. The molecule has 1 unspecified atom stereocenters. The monoisotopic (exact) mass is 391 g/mol. The molecule has 0 saturated carbocycles. The molecule has 144 valence electrons. The van der Waals surface area contributed by atoms with E-state index in [1.807, 2.05) is 25.3 Å². The van der Waals surface area contributed by atoms with Crippen LogP contribution in [0.5, 0.6) is 0 Å². The number of hydrogen-bond donors (Lipinski definition) is 2. The quantitative estimate of drug-likeness (QED) is 0.649. The molecule has 2 aromatic heterocycles. The lowest BCUT2D eigenvalue weighted by Crippen LogP contribution is -2.27. The van der Waals surface area contributed by atoms with Gasteiger partial charge in [-0.3, -0.25) is 13.9 Å². The largest absolute Gasteiger partial charge is 0.394 e. The number of para-hydroxylation sites is 1. The minimum atomic E-state index is -4.67. The third-order valence-electron chi connectivity index (χ3n) is 4.92. The van der Waals surface area contributed by atoms with Crippen LogP contribution < -0.4 is 0 Å². The maximum Gasteiger partial charge on any atom is 0.394 e. The normalized spacial score (nSPS) is 16.7. The van der Waals surface area contributed by atoms with Gasteiger partial charge in [-0.2, -0.15) is 8.42 Å². The summed E-state index contributed by atoms with van der Waals surface area (Å²) in [7, 11) is -2.60. The van der Waals surface area contributed by atoms with Crippen molar-refractivity contribution < 1.29 is 22.3 Å². The third kappa shape index (κ3) is 4.10. The van der Waals surface area contributed by atoms with Crippen molar-refractivity contribution in [1.29, 1.82) is 0 Å². The Hall–Kier alpha value is -2.49. The van der Waals surface area contributed by atoms with E-state index >= 15 is 0 Å². The molecule has 1 atom stereocenters. The van der Waals surface area contributed by atoms with Crippen LogP contribution in [0.1, 0.15) is 28.3 Å². The minimum absolute atomic E-state index is 0.0474. The van der Waals surface area contributed by atoms with Crippen LogP contribution in [0.15, 0.2) is 36.7 Å². The van der Waals surface area contributed by atoms with Gasteiger partial charge < -0.3 is 9.13 Å². The second-order valence-corrected chi connectivity index (χ2v) is 7.47. The smallest absolute Gasteiger partial charge is 0.347 e. The van der Waals surface area contributed by atoms with Crippen molar-refractivity contribution in [3.8, 4) is 0 Å². The Morgan fingerprint density at radius 3 is 2.56 bits per heavy atom. The number of carbonyl (C=O) groups is 1. The molecular weight excluding hydrogens is 370 g/mol. The van der Waals surface area contributed by atoms with Crippen molar-refractivity contribution in [2.75, 3.05) is 0 Å². The summed E-state index contributed by atoms with van der Waals surface area (Å²) in [5, 5.41) is 1.09. The summed E-state index contributed by atoms with van der Waals surface area (Å²) in [6.07, 6.45) is 5.63. The maximum absolute atomic E-state index is 13.0. The zero-order chi connectivity index (χ0) is 19.8. The van der Waals surface area contributed by atoms with Crippen LogP contribution in [0.2, 0.25) is 0 Å². The topological polar surface area (TPSA) is 114 Å². The first-order chi connectivity index (χ1) is 12.7. The summed E-state index contributed by atoms with van der Waals surface area (Å²) in [6.45, 7) is 2.71. The lowest BCUT2D eigenvalue weighted by atomic mass is 9.85. The first kappa shape index (κ1) is 19.3. The van der Waals surface area contributed by atoms with E-state index in [-0.39, 0.29) is 11.7 Å². The molecule has 2 N–H and O–H groups in total. The number of hydrogen-bond acceptors (Lipinski definition) is 4. The molecule has 1 aliphatic carbocycles. The van der Waals surface area contributed by atoms with E-state index in [9.17, 15) is 4.79 Å². The summed E-state index contributed by atoms with van der Waals surface area (Å²) in [5.41, 5.74) is 3.28. The fraction of sp³-hybridized carbons (Fsp3) is 0.333. The molecule has 8 nitrogen and oxygen atoms in total. The number of carbonyl (C=O) groups excluding carboxylic acids is 1. The minimum Gasteiger partial charge on any atom is -0.347 e. The highest BCUT2D eigenvalue weighted by Crippen LogP contribution is 2.34. The van der Waals surface area contributed by atoms with Crippen LogP contribution in [-0.4, -0.2) is 37.4 Å². The highest BCUT2D eigenvalue weighted by Gasteiger charge is 2.32. The SMILES string of the molecule is Cc1nccn1CC1CCc2c(c3ccccc3n2C)C1=O.O=S(=O)(O)O. The van der Waals surface area contributed by atoms with Gasteiger partial charge in [0.05, 0.1) is 0 Å². The van der Waals surface area contributed by atoms with E-state index in [4.69, 9.17) is 17.5 Å².